The van der Waals surface area contributed by atoms with Crippen LogP contribution < -0.4 is 5.32 Å². The average molecular weight is 260 g/mol. The molecule has 1 aliphatic rings. The maximum atomic E-state index is 3.46. The van der Waals surface area contributed by atoms with Crippen LogP contribution in [0.1, 0.15) is 48.9 Å². The number of aryl methyl sites for hydroxylation is 2. The summed E-state index contributed by atoms with van der Waals surface area (Å²) >= 11 is 0. The van der Waals surface area contributed by atoms with E-state index in [4.69, 9.17) is 0 Å². The first-order valence-corrected chi connectivity index (χ1v) is 7.75. The molecule has 0 unspecified atom stereocenters. The van der Waals surface area contributed by atoms with E-state index in [9.17, 15) is 0 Å². The fourth-order valence-electron chi connectivity index (χ4n) is 3.25. The first kappa shape index (κ1) is 14.5. The van der Waals surface area contributed by atoms with Gasteiger partial charge in [-0.25, -0.2) is 0 Å². The van der Waals surface area contributed by atoms with E-state index < -0.39 is 0 Å². The molecule has 0 aliphatic carbocycles. The van der Waals surface area contributed by atoms with Crippen molar-refractivity contribution in [1.29, 1.82) is 0 Å². The molecule has 1 heterocycles. The molecular weight excluding hydrogens is 232 g/mol. The topological polar surface area (TPSA) is 15.3 Å². The van der Waals surface area contributed by atoms with Crippen molar-refractivity contribution in [3.05, 3.63) is 34.9 Å². The van der Waals surface area contributed by atoms with Gasteiger partial charge in [0.25, 0.3) is 0 Å². The van der Waals surface area contributed by atoms with E-state index in [0.717, 1.165) is 13.1 Å². The lowest BCUT2D eigenvalue weighted by Gasteiger charge is -2.36. The Morgan fingerprint density at radius 1 is 1.16 bits per heavy atom. The van der Waals surface area contributed by atoms with Crippen molar-refractivity contribution in [2.24, 2.45) is 0 Å². The third kappa shape index (κ3) is 3.58. The highest BCUT2D eigenvalue weighted by molar-refractivity contribution is 5.36. The highest BCUT2D eigenvalue weighted by Crippen LogP contribution is 2.31. The monoisotopic (exact) mass is 260 g/mol. The van der Waals surface area contributed by atoms with Crippen LogP contribution in [0.25, 0.3) is 0 Å². The summed E-state index contributed by atoms with van der Waals surface area (Å²) in [4.78, 5) is 2.68. The largest absolute Gasteiger partial charge is 0.314 e. The van der Waals surface area contributed by atoms with E-state index >= 15 is 0 Å². The van der Waals surface area contributed by atoms with Crippen molar-refractivity contribution in [1.82, 2.24) is 10.2 Å². The molecule has 0 aromatic heterocycles. The lowest BCUT2D eigenvalue weighted by molar-refractivity contribution is 0.162. The van der Waals surface area contributed by atoms with Gasteiger partial charge in [-0.1, -0.05) is 38.0 Å². The Balaban J connectivity index is 2.25. The SMILES string of the molecule is CCCC[C@H](c1c(C)cccc1C)N1CCNCC1. The van der Waals surface area contributed by atoms with Gasteiger partial charge >= 0.3 is 0 Å². The van der Waals surface area contributed by atoms with Crippen LogP contribution in [0.5, 0.6) is 0 Å². The number of benzene rings is 1. The van der Waals surface area contributed by atoms with Crippen LogP contribution in [0.15, 0.2) is 18.2 Å². The second-order valence-corrected chi connectivity index (χ2v) is 5.75. The number of nitrogens with zero attached hydrogens (tertiary/aromatic N) is 1. The van der Waals surface area contributed by atoms with Crippen LogP contribution in [-0.4, -0.2) is 31.1 Å². The molecule has 0 amide bonds. The molecule has 2 nitrogen and oxygen atoms in total. The average Bonchev–Trinajstić information content (AvgIpc) is 2.43. The van der Waals surface area contributed by atoms with Crippen molar-refractivity contribution in [2.75, 3.05) is 26.2 Å². The minimum Gasteiger partial charge on any atom is -0.314 e. The molecule has 1 saturated heterocycles. The molecule has 0 bridgehead atoms. The lowest BCUT2D eigenvalue weighted by Crippen LogP contribution is -2.45. The standard InChI is InChI=1S/C17H28N2/c1-4-5-9-16(19-12-10-18-11-13-19)17-14(2)7-6-8-15(17)3/h6-8,16,18H,4-5,9-13H2,1-3H3/t16-/m1/s1. The Labute approximate surface area is 118 Å². The summed E-state index contributed by atoms with van der Waals surface area (Å²) in [7, 11) is 0. The zero-order chi connectivity index (χ0) is 13.7. The lowest BCUT2D eigenvalue weighted by atomic mass is 9.91. The second-order valence-electron chi connectivity index (χ2n) is 5.75. The second kappa shape index (κ2) is 7.06. The molecule has 0 saturated carbocycles. The van der Waals surface area contributed by atoms with Gasteiger partial charge in [0.05, 0.1) is 0 Å². The Hall–Kier alpha value is -0.860. The number of hydrogen-bond acceptors (Lipinski definition) is 2. The van der Waals surface area contributed by atoms with E-state index in [1.807, 2.05) is 0 Å². The zero-order valence-corrected chi connectivity index (χ0v) is 12.7. The highest BCUT2D eigenvalue weighted by Gasteiger charge is 2.23. The molecule has 2 rings (SSSR count). The number of nitrogens with one attached hydrogen (secondary N) is 1. The summed E-state index contributed by atoms with van der Waals surface area (Å²) in [5, 5.41) is 3.46. The molecule has 1 aromatic carbocycles. The van der Waals surface area contributed by atoms with Crippen LogP contribution >= 0.6 is 0 Å². The first-order valence-electron chi connectivity index (χ1n) is 7.75. The summed E-state index contributed by atoms with van der Waals surface area (Å²) in [6.07, 6.45) is 3.90. The van der Waals surface area contributed by atoms with Crippen LogP contribution in [0, 0.1) is 13.8 Å². The van der Waals surface area contributed by atoms with E-state index in [1.54, 1.807) is 5.56 Å². The van der Waals surface area contributed by atoms with Crippen LogP contribution in [0.2, 0.25) is 0 Å². The van der Waals surface area contributed by atoms with Gasteiger partial charge in [-0.3, -0.25) is 4.90 Å². The zero-order valence-electron chi connectivity index (χ0n) is 12.7. The van der Waals surface area contributed by atoms with Crippen molar-refractivity contribution in [3.8, 4) is 0 Å². The maximum Gasteiger partial charge on any atom is 0.0354 e. The third-order valence-corrected chi connectivity index (χ3v) is 4.30. The first-order chi connectivity index (χ1) is 9.24. The molecule has 1 aromatic rings. The predicted octanol–water partition coefficient (Wildman–Crippen LogP) is 3.44. The molecule has 1 fully saturated rings. The molecule has 19 heavy (non-hydrogen) atoms. The minimum absolute atomic E-state index is 0.614. The predicted molar refractivity (Wildman–Crippen MR) is 82.6 cm³/mol. The fourth-order valence-corrected chi connectivity index (χ4v) is 3.25. The van der Waals surface area contributed by atoms with Crippen molar-refractivity contribution < 1.29 is 0 Å². The smallest absolute Gasteiger partial charge is 0.0354 e. The van der Waals surface area contributed by atoms with Crippen molar-refractivity contribution in [3.63, 3.8) is 0 Å². The van der Waals surface area contributed by atoms with E-state index in [1.165, 1.54) is 43.5 Å². The molecule has 1 aliphatic heterocycles. The molecule has 0 radical (unpaired) electrons. The molecule has 1 atom stereocenters. The molecule has 1 N–H and O–H groups in total. The molecular formula is C17H28N2. The molecule has 2 heteroatoms. The van der Waals surface area contributed by atoms with E-state index in [0.29, 0.717) is 6.04 Å². The van der Waals surface area contributed by atoms with Crippen LogP contribution in [0.3, 0.4) is 0 Å². The number of unbranched alkanes of at least 4 members (excludes halogenated alkanes) is 1. The van der Waals surface area contributed by atoms with Crippen molar-refractivity contribution >= 4 is 0 Å². The minimum atomic E-state index is 0.614. The Kier molecular flexibility index (Phi) is 5.41. The van der Waals surface area contributed by atoms with Gasteiger partial charge in [0.1, 0.15) is 0 Å². The summed E-state index contributed by atoms with van der Waals surface area (Å²) < 4.78 is 0. The summed E-state index contributed by atoms with van der Waals surface area (Å²) in [5.41, 5.74) is 4.50. The Morgan fingerprint density at radius 2 is 1.79 bits per heavy atom. The number of piperazine rings is 1. The van der Waals surface area contributed by atoms with Gasteiger partial charge in [-0.2, -0.15) is 0 Å². The Bertz CT molecular complexity index is 374. The van der Waals surface area contributed by atoms with E-state index in [2.05, 4.69) is 49.2 Å². The highest BCUT2D eigenvalue weighted by atomic mass is 15.2. The maximum absolute atomic E-state index is 3.46. The van der Waals surface area contributed by atoms with Crippen LogP contribution in [-0.2, 0) is 0 Å². The van der Waals surface area contributed by atoms with Gasteiger partial charge in [-0.15, -0.1) is 0 Å². The van der Waals surface area contributed by atoms with Crippen molar-refractivity contribution in [2.45, 2.75) is 46.1 Å². The third-order valence-electron chi connectivity index (χ3n) is 4.30. The summed E-state index contributed by atoms with van der Waals surface area (Å²) in [6.45, 7) is 11.5. The molecule has 0 spiro atoms. The van der Waals surface area contributed by atoms with Crippen LogP contribution in [0.4, 0.5) is 0 Å². The summed E-state index contributed by atoms with van der Waals surface area (Å²) in [6, 6.07) is 7.33. The van der Waals surface area contributed by atoms with Gasteiger partial charge in [0.2, 0.25) is 0 Å². The Morgan fingerprint density at radius 3 is 2.37 bits per heavy atom. The summed E-state index contributed by atoms with van der Waals surface area (Å²) in [5.74, 6) is 0. The quantitative estimate of drug-likeness (QED) is 0.872. The van der Waals surface area contributed by atoms with Gasteiger partial charge in [-0.05, 0) is 37.0 Å². The van der Waals surface area contributed by atoms with Gasteiger partial charge in [0.15, 0.2) is 0 Å². The number of rotatable bonds is 5. The fraction of sp³-hybridized carbons (Fsp3) is 0.647. The number of hydrogen-bond donors (Lipinski definition) is 1. The normalized spacial score (nSPS) is 18.5. The van der Waals surface area contributed by atoms with Gasteiger partial charge < -0.3 is 5.32 Å². The van der Waals surface area contributed by atoms with Gasteiger partial charge in [0, 0.05) is 32.2 Å². The van der Waals surface area contributed by atoms with E-state index in [-0.39, 0.29) is 0 Å². The molecule has 106 valence electrons.